The fourth-order valence-electron chi connectivity index (χ4n) is 3.59. The lowest BCUT2D eigenvalue weighted by atomic mass is 10.1. The lowest BCUT2D eigenvalue weighted by molar-refractivity contribution is 0.0213. The number of imidazole rings is 1. The van der Waals surface area contributed by atoms with Gasteiger partial charge in [-0.1, -0.05) is 6.92 Å². The van der Waals surface area contributed by atoms with Crippen LogP contribution in [-0.2, 0) is 18.2 Å². The van der Waals surface area contributed by atoms with Crippen molar-refractivity contribution in [3.05, 3.63) is 28.3 Å². The fourth-order valence-corrected chi connectivity index (χ4v) is 3.59. The third kappa shape index (κ3) is 4.21. The highest BCUT2D eigenvalue weighted by Crippen LogP contribution is 2.26. The largest absolute Gasteiger partial charge is 0.444 e. The van der Waals surface area contributed by atoms with E-state index in [1.807, 2.05) is 20.8 Å². The Labute approximate surface area is 170 Å². The molecule has 0 bridgehead atoms. The van der Waals surface area contributed by atoms with Gasteiger partial charge in [0.25, 0.3) is 5.56 Å². The van der Waals surface area contributed by atoms with Crippen molar-refractivity contribution in [2.75, 3.05) is 24.5 Å². The summed E-state index contributed by atoms with van der Waals surface area (Å²) in [5.41, 5.74) is 1.29. The van der Waals surface area contributed by atoms with E-state index in [-0.39, 0.29) is 24.1 Å². The first-order valence-electron chi connectivity index (χ1n) is 9.84. The Kier molecular flexibility index (Phi) is 5.55. The molecule has 1 fully saturated rings. The third-order valence-electron chi connectivity index (χ3n) is 5.04. The van der Waals surface area contributed by atoms with Crippen LogP contribution in [0.5, 0.6) is 0 Å². The van der Waals surface area contributed by atoms with Crippen molar-refractivity contribution in [3.8, 4) is 6.07 Å². The molecule has 0 radical (unpaired) electrons. The summed E-state index contributed by atoms with van der Waals surface area (Å²) in [4.78, 5) is 33.5. The van der Waals surface area contributed by atoms with Crippen molar-refractivity contribution >= 4 is 17.4 Å². The molecular formula is C20H28N6O3. The summed E-state index contributed by atoms with van der Waals surface area (Å²) >= 11 is 0. The average Bonchev–Trinajstić information content (AvgIpc) is 3.07. The molecule has 3 heterocycles. The Bertz CT molecular complexity index is 1010. The van der Waals surface area contributed by atoms with Gasteiger partial charge >= 0.3 is 6.09 Å². The van der Waals surface area contributed by atoms with Crippen LogP contribution < -0.4 is 10.5 Å². The van der Waals surface area contributed by atoms with Crippen LogP contribution in [0, 0.1) is 11.3 Å². The third-order valence-corrected chi connectivity index (χ3v) is 5.04. The van der Waals surface area contributed by atoms with Crippen molar-refractivity contribution in [2.45, 2.75) is 52.2 Å². The van der Waals surface area contributed by atoms with Gasteiger partial charge in [0.15, 0.2) is 5.65 Å². The first kappa shape index (κ1) is 20.7. The van der Waals surface area contributed by atoms with Gasteiger partial charge < -0.3 is 14.5 Å². The van der Waals surface area contributed by atoms with E-state index in [0.29, 0.717) is 31.0 Å². The molecule has 9 heteroatoms. The summed E-state index contributed by atoms with van der Waals surface area (Å²) in [5.74, 6) is 0. The second kappa shape index (κ2) is 7.78. The predicted octanol–water partition coefficient (Wildman–Crippen LogP) is 1.93. The second-order valence-corrected chi connectivity index (χ2v) is 8.31. The lowest BCUT2D eigenvalue weighted by Crippen LogP contribution is -2.55. The van der Waals surface area contributed by atoms with Gasteiger partial charge in [-0.15, -0.1) is 0 Å². The maximum atomic E-state index is 12.5. The number of carbonyl (C=O) groups is 1. The first-order chi connectivity index (χ1) is 13.6. The monoisotopic (exact) mass is 400 g/mol. The number of aryl methyl sites for hydroxylation is 1. The summed E-state index contributed by atoms with van der Waals surface area (Å²) in [7, 11) is 1.68. The molecule has 9 nitrogen and oxygen atoms in total. The van der Waals surface area contributed by atoms with E-state index in [2.05, 4.69) is 22.9 Å². The van der Waals surface area contributed by atoms with E-state index in [9.17, 15) is 9.59 Å². The van der Waals surface area contributed by atoms with Crippen LogP contribution in [0.4, 0.5) is 10.5 Å². The molecular weight excluding hydrogens is 372 g/mol. The number of nitriles is 1. The highest BCUT2D eigenvalue weighted by molar-refractivity contribution is 5.72. The summed E-state index contributed by atoms with van der Waals surface area (Å²) in [6, 6.07) is 3.72. The van der Waals surface area contributed by atoms with E-state index in [1.54, 1.807) is 28.7 Å². The molecule has 1 saturated heterocycles. The molecule has 0 aromatic carbocycles. The predicted molar refractivity (Wildman–Crippen MR) is 109 cm³/mol. The molecule has 1 aliphatic rings. The van der Waals surface area contributed by atoms with E-state index >= 15 is 0 Å². The number of piperazine rings is 1. The van der Waals surface area contributed by atoms with E-state index in [1.165, 1.54) is 4.68 Å². The van der Waals surface area contributed by atoms with Crippen molar-refractivity contribution < 1.29 is 9.53 Å². The number of rotatable bonds is 3. The number of aromatic nitrogens is 3. The Balaban J connectivity index is 1.94. The standard InChI is InChI=1S/C20H28N6O3/c1-6-15-13-24(19(28)29-20(2,3)4)9-10-25(15)16-11-17(27)23(5)26-12-14(7-8-21)22-18(16)26/h11-12,15H,6-7,9-10,13H2,1-5H3/t15-/m0/s1. The number of ether oxygens (including phenoxy) is 1. The topological polar surface area (TPSA) is 95.9 Å². The molecule has 29 heavy (non-hydrogen) atoms. The number of hydrogen-bond acceptors (Lipinski definition) is 6. The van der Waals surface area contributed by atoms with Crippen LogP contribution in [-0.4, -0.2) is 56.5 Å². The zero-order valence-corrected chi connectivity index (χ0v) is 17.7. The quantitative estimate of drug-likeness (QED) is 0.781. The maximum absolute atomic E-state index is 12.5. The lowest BCUT2D eigenvalue weighted by Gasteiger charge is -2.42. The molecule has 0 aliphatic carbocycles. The zero-order valence-electron chi connectivity index (χ0n) is 17.7. The Morgan fingerprint density at radius 2 is 2.10 bits per heavy atom. The van der Waals surface area contributed by atoms with Gasteiger partial charge in [0.05, 0.1) is 30.1 Å². The van der Waals surface area contributed by atoms with Crippen LogP contribution in [0.3, 0.4) is 0 Å². The summed E-state index contributed by atoms with van der Waals surface area (Å²) in [6.07, 6.45) is 2.38. The average molecular weight is 400 g/mol. The summed E-state index contributed by atoms with van der Waals surface area (Å²) < 4.78 is 8.68. The minimum absolute atomic E-state index is 0.0308. The highest BCUT2D eigenvalue weighted by atomic mass is 16.6. The molecule has 2 aromatic heterocycles. The van der Waals surface area contributed by atoms with Crippen LogP contribution in [0.25, 0.3) is 5.65 Å². The van der Waals surface area contributed by atoms with Gasteiger partial charge in [0.2, 0.25) is 0 Å². The number of carbonyl (C=O) groups excluding carboxylic acids is 1. The van der Waals surface area contributed by atoms with Crippen molar-refractivity contribution in [1.29, 1.82) is 5.26 Å². The SMILES string of the molecule is CC[C@H]1CN(C(=O)OC(C)(C)C)CCN1c1cc(=O)n(C)n2cc(CC#N)nc12. The first-order valence-corrected chi connectivity index (χ1v) is 9.84. The molecule has 0 saturated carbocycles. The van der Waals surface area contributed by atoms with Crippen molar-refractivity contribution in [3.63, 3.8) is 0 Å². The Morgan fingerprint density at radius 1 is 1.38 bits per heavy atom. The van der Waals surface area contributed by atoms with Crippen LogP contribution in [0.1, 0.15) is 39.8 Å². The summed E-state index contributed by atoms with van der Waals surface area (Å²) in [5, 5.41) is 9.00. The maximum Gasteiger partial charge on any atom is 0.410 e. The molecule has 1 atom stereocenters. The van der Waals surface area contributed by atoms with Gasteiger partial charge in [-0.2, -0.15) is 5.26 Å². The molecule has 1 amide bonds. The number of anilines is 1. The fraction of sp³-hybridized carbons (Fsp3) is 0.600. The number of amides is 1. The Hall–Kier alpha value is -3.02. The number of nitrogens with zero attached hydrogens (tertiary/aromatic N) is 6. The van der Waals surface area contributed by atoms with Crippen molar-refractivity contribution in [1.82, 2.24) is 19.1 Å². The molecule has 0 N–H and O–H groups in total. The molecule has 0 unspecified atom stereocenters. The van der Waals surface area contributed by atoms with Crippen LogP contribution in [0.15, 0.2) is 17.1 Å². The second-order valence-electron chi connectivity index (χ2n) is 8.31. The number of hydrogen-bond donors (Lipinski definition) is 0. The van der Waals surface area contributed by atoms with Gasteiger partial charge in [-0.3, -0.25) is 4.79 Å². The molecule has 1 aliphatic heterocycles. The highest BCUT2D eigenvalue weighted by Gasteiger charge is 2.32. The summed E-state index contributed by atoms with van der Waals surface area (Å²) in [6.45, 7) is 9.20. The van der Waals surface area contributed by atoms with Crippen molar-refractivity contribution in [2.24, 2.45) is 7.05 Å². The smallest absolute Gasteiger partial charge is 0.410 e. The molecule has 0 spiro atoms. The Morgan fingerprint density at radius 3 is 2.72 bits per heavy atom. The van der Waals surface area contributed by atoms with Crippen LogP contribution >= 0.6 is 0 Å². The molecule has 2 aromatic rings. The van der Waals surface area contributed by atoms with Crippen LogP contribution in [0.2, 0.25) is 0 Å². The minimum atomic E-state index is -0.541. The van der Waals surface area contributed by atoms with E-state index in [4.69, 9.17) is 10.00 Å². The van der Waals surface area contributed by atoms with Gasteiger partial charge in [0, 0.05) is 38.8 Å². The minimum Gasteiger partial charge on any atom is -0.444 e. The van der Waals surface area contributed by atoms with E-state index in [0.717, 1.165) is 12.1 Å². The van der Waals surface area contributed by atoms with Gasteiger partial charge in [-0.25, -0.2) is 19.0 Å². The van der Waals surface area contributed by atoms with Gasteiger partial charge in [-0.05, 0) is 27.2 Å². The van der Waals surface area contributed by atoms with E-state index < -0.39 is 5.60 Å². The number of fused-ring (bicyclic) bond motifs is 1. The molecule has 156 valence electrons. The zero-order chi connectivity index (χ0) is 21.3. The molecule has 3 rings (SSSR count). The van der Waals surface area contributed by atoms with Gasteiger partial charge in [0.1, 0.15) is 5.60 Å². The normalized spacial score (nSPS) is 17.4.